The van der Waals surface area contributed by atoms with Crippen molar-refractivity contribution in [3.8, 4) is 5.75 Å². The number of carbonyl (C=O) groups is 3. The van der Waals surface area contributed by atoms with E-state index < -0.39 is 11.9 Å². The summed E-state index contributed by atoms with van der Waals surface area (Å²) in [6, 6.07) is 11.4. The minimum absolute atomic E-state index is 0.0817. The first-order chi connectivity index (χ1) is 11.0. The van der Waals surface area contributed by atoms with Gasteiger partial charge in [0.1, 0.15) is 18.6 Å². The second-order valence-electron chi connectivity index (χ2n) is 4.76. The molecule has 2 aromatic rings. The number of rotatable bonds is 7. The van der Waals surface area contributed by atoms with Crippen molar-refractivity contribution in [2.24, 2.45) is 0 Å². The molecule has 0 unspecified atom stereocenters. The molecule has 0 aliphatic rings. The van der Waals surface area contributed by atoms with Gasteiger partial charge < -0.3 is 19.7 Å². The topological polar surface area (TPSA) is 101 Å². The Hall–Kier alpha value is -3.15. The van der Waals surface area contributed by atoms with Gasteiger partial charge in [-0.3, -0.25) is 0 Å². The van der Waals surface area contributed by atoms with Gasteiger partial charge in [0.25, 0.3) is 0 Å². The fraction of sp³-hybridized carbons (Fsp3) is 0.118. The van der Waals surface area contributed by atoms with Gasteiger partial charge in [-0.15, -0.1) is 0 Å². The average molecular weight is 314 g/mol. The van der Waals surface area contributed by atoms with Gasteiger partial charge >= 0.3 is 11.9 Å². The quantitative estimate of drug-likeness (QED) is 0.761. The van der Waals surface area contributed by atoms with Gasteiger partial charge in [0, 0.05) is 12.0 Å². The molecule has 0 heterocycles. The first-order valence-electron chi connectivity index (χ1n) is 6.76. The van der Waals surface area contributed by atoms with Crippen LogP contribution in [0.15, 0.2) is 42.5 Å². The fourth-order valence-electron chi connectivity index (χ4n) is 2.12. The van der Waals surface area contributed by atoms with Crippen molar-refractivity contribution >= 4 is 18.2 Å². The Labute approximate surface area is 131 Å². The molecule has 2 N–H and O–H groups in total. The lowest BCUT2D eigenvalue weighted by Crippen LogP contribution is -2.10. The first kappa shape index (κ1) is 16.2. The Morgan fingerprint density at radius 2 is 1.74 bits per heavy atom. The van der Waals surface area contributed by atoms with Crippen molar-refractivity contribution in [3.05, 3.63) is 64.7 Å². The Morgan fingerprint density at radius 3 is 2.30 bits per heavy atom. The molecule has 0 saturated heterocycles. The lowest BCUT2D eigenvalue weighted by Gasteiger charge is -2.14. The van der Waals surface area contributed by atoms with Crippen molar-refractivity contribution in [2.45, 2.75) is 13.0 Å². The molecule has 118 valence electrons. The van der Waals surface area contributed by atoms with E-state index >= 15 is 0 Å². The molecule has 0 saturated carbocycles. The summed E-state index contributed by atoms with van der Waals surface area (Å²) in [7, 11) is 0. The molecule has 0 aliphatic heterocycles. The number of hydrogen-bond acceptors (Lipinski definition) is 4. The van der Waals surface area contributed by atoms with E-state index in [0.29, 0.717) is 6.29 Å². The lowest BCUT2D eigenvalue weighted by atomic mass is 10.00. The molecular weight excluding hydrogens is 300 g/mol. The predicted molar refractivity (Wildman–Crippen MR) is 80.9 cm³/mol. The normalized spacial score (nSPS) is 10.1. The Morgan fingerprint density at radius 1 is 1.04 bits per heavy atom. The maximum atomic E-state index is 11.3. The van der Waals surface area contributed by atoms with Gasteiger partial charge in [0.05, 0.1) is 11.1 Å². The third kappa shape index (κ3) is 3.94. The first-order valence-corrected chi connectivity index (χ1v) is 6.76. The van der Waals surface area contributed by atoms with E-state index in [9.17, 15) is 19.5 Å². The zero-order chi connectivity index (χ0) is 16.8. The van der Waals surface area contributed by atoms with Crippen LogP contribution in [0.2, 0.25) is 0 Å². The Bertz CT molecular complexity index is 736. The molecule has 0 aliphatic carbocycles. The summed E-state index contributed by atoms with van der Waals surface area (Å²) in [4.78, 5) is 33.3. The maximum Gasteiger partial charge on any atom is 0.336 e. The fourth-order valence-corrected chi connectivity index (χ4v) is 2.12. The highest BCUT2D eigenvalue weighted by Gasteiger charge is 2.19. The number of hydrogen-bond donors (Lipinski definition) is 2. The minimum atomic E-state index is -1.31. The number of benzene rings is 2. The molecule has 0 aromatic heterocycles. The highest BCUT2D eigenvalue weighted by atomic mass is 16.5. The lowest BCUT2D eigenvalue weighted by molar-refractivity contribution is -0.107. The zero-order valence-corrected chi connectivity index (χ0v) is 12.1. The number of carboxylic acid groups (broad SMARTS) is 2. The zero-order valence-electron chi connectivity index (χ0n) is 12.1. The van der Waals surface area contributed by atoms with Crippen LogP contribution in [0.5, 0.6) is 5.75 Å². The summed E-state index contributed by atoms with van der Waals surface area (Å²) in [6.45, 7) is 0.134. The molecule has 0 bridgehead atoms. The van der Waals surface area contributed by atoms with E-state index in [0.717, 1.165) is 11.6 Å². The third-order valence-electron chi connectivity index (χ3n) is 3.21. The van der Waals surface area contributed by atoms with Gasteiger partial charge in [-0.25, -0.2) is 9.59 Å². The van der Waals surface area contributed by atoms with Crippen LogP contribution in [-0.2, 0) is 17.8 Å². The molecule has 0 amide bonds. The van der Waals surface area contributed by atoms with Crippen molar-refractivity contribution in [2.75, 3.05) is 0 Å². The third-order valence-corrected chi connectivity index (χ3v) is 3.21. The molecule has 6 nitrogen and oxygen atoms in total. The summed E-state index contributed by atoms with van der Waals surface area (Å²) in [5.74, 6) is -2.50. The van der Waals surface area contributed by atoms with Crippen LogP contribution in [-0.4, -0.2) is 28.4 Å². The largest absolute Gasteiger partial charge is 0.489 e. The van der Waals surface area contributed by atoms with Crippen LogP contribution in [0.3, 0.4) is 0 Å². The summed E-state index contributed by atoms with van der Waals surface area (Å²) in [5.41, 5.74) is 0.538. The molecule has 23 heavy (non-hydrogen) atoms. The Balaban J connectivity index is 2.43. The average Bonchev–Trinajstić information content (AvgIpc) is 2.54. The number of aldehydes is 1. The molecule has 0 atom stereocenters. The molecule has 2 rings (SSSR count). The van der Waals surface area contributed by atoms with E-state index in [1.807, 2.05) is 30.3 Å². The monoisotopic (exact) mass is 314 g/mol. The molecule has 2 aromatic carbocycles. The molecule has 0 spiro atoms. The van der Waals surface area contributed by atoms with E-state index in [-0.39, 0.29) is 35.5 Å². The minimum Gasteiger partial charge on any atom is -0.489 e. The van der Waals surface area contributed by atoms with E-state index in [1.165, 1.54) is 6.07 Å². The standard InChI is InChI=1S/C17H14O6/c18-7-6-13-14(17(21)22)8-12(16(19)20)9-15(13)23-10-11-4-2-1-3-5-11/h1-5,7-9H,6,10H2,(H,19,20)(H,21,22). The number of ether oxygens (including phenoxy) is 1. The molecular formula is C17H14O6. The van der Waals surface area contributed by atoms with Crippen LogP contribution >= 0.6 is 0 Å². The highest BCUT2D eigenvalue weighted by Crippen LogP contribution is 2.26. The maximum absolute atomic E-state index is 11.3. The van der Waals surface area contributed by atoms with Crippen LogP contribution in [0.4, 0.5) is 0 Å². The van der Waals surface area contributed by atoms with Crippen LogP contribution in [0.25, 0.3) is 0 Å². The number of carbonyl (C=O) groups excluding carboxylic acids is 1. The smallest absolute Gasteiger partial charge is 0.336 e. The SMILES string of the molecule is O=CCc1c(OCc2ccccc2)cc(C(=O)O)cc1C(=O)O. The van der Waals surface area contributed by atoms with Crippen molar-refractivity contribution in [3.63, 3.8) is 0 Å². The summed E-state index contributed by atoms with van der Waals surface area (Å²) in [5, 5.41) is 18.3. The van der Waals surface area contributed by atoms with Crippen LogP contribution in [0, 0.1) is 0 Å². The van der Waals surface area contributed by atoms with Gasteiger partial charge in [0.15, 0.2) is 0 Å². The highest BCUT2D eigenvalue weighted by molar-refractivity contribution is 5.96. The van der Waals surface area contributed by atoms with E-state index in [2.05, 4.69) is 0 Å². The van der Waals surface area contributed by atoms with Crippen LogP contribution < -0.4 is 4.74 Å². The van der Waals surface area contributed by atoms with Gasteiger partial charge in [-0.1, -0.05) is 30.3 Å². The van der Waals surface area contributed by atoms with E-state index in [4.69, 9.17) is 9.84 Å². The summed E-state index contributed by atoms with van der Waals surface area (Å²) in [6.07, 6.45) is 0.378. The number of carboxylic acids is 2. The van der Waals surface area contributed by atoms with Crippen molar-refractivity contribution in [1.82, 2.24) is 0 Å². The van der Waals surface area contributed by atoms with Crippen molar-refractivity contribution in [1.29, 1.82) is 0 Å². The Kier molecular flexibility index (Phi) is 5.09. The van der Waals surface area contributed by atoms with Gasteiger partial charge in [-0.2, -0.15) is 0 Å². The summed E-state index contributed by atoms with van der Waals surface area (Å²) < 4.78 is 5.57. The molecule has 0 radical (unpaired) electrons. The predicted octanol–water partition coefficient (Wildman–Crippen LogP) is 2.40. The van der Waals surface area contributed by atoms with Crippen LogP contribution in [0.1, 0.15) is 31.8 Å². The summed E-state index contributed by atoms with van der Waals surface area (Å²) >= 11 is 0. The number of aromatic carboxylic acids is 2. The molecule has 0 fully saturated rings. The second-order valence-corrected chi connectivity index (χ2v) is 4.76. The van der Waals surface area contributed by atoms with Crippen molar-refractivity contribution < 1.29 is 29.3 Å². The van der Waals surface area contributed by atoms with Gasteiger partial charge in [-0.05, 0) is 17.7 Å². The van der Waals surface area contributed by atoms with Gasteiger partial charge in [0.2, 0.25) is 0 Å². The second kappa shape index (κ2) is 7.22. The molecule has 6 heteroatoms. The van der Waals surface area contributed by atoms with E-state index in [1.54, 1.807) is 0 Å².